The molecule has 6 nitrogen and oxygen atoms in total. The summed E-state index contributed by atoms with van der Waals surface area (Å²) in [5, 5.41) is 15.7. The van der Waals surface area contributed by atoms with Crippen LogP contribution in [-0.4, -0.2) is 28.9 Å². The maximum absolute atomic E-state index is 11.8. The molecule has 2 heterocycles. The van der Waals surface area contributed by atoms with Crippen molar-refractivity contribution in [3.63, 3.8) is 0 Å². The summed E-state index contributed by atoms with van der Waals surface area (Å²) in [4.78, 5) is 16.5. The van der Waals surface area contributed by atoms with E-state index in [1.54, 1.807) is 13.1 Å². The Morgan fingerprint density at radius 3 is 2.79 bits per heavy atom. The number of carbonyl (C=O) groups excluding carboxylic acids is 1. The number of nitriles is 1. The molecule has 0 atom stereocenters. The Kier molecular flexibility index (Phi) is 4.88. The molecule has 1 amide bonds. The number of benzene rings is 2. The number of aromatic nitrogens is 2. The lowest BCUT2D eigenvalue weighted by atomic mass is 10.1. The highest BCUT2D eigenvalue weighted by Crippen LogP contribution is 2.26. The first-order valence-electron chi connectivity index (χ1n) is 9.48. The van der Waals surface area contributed by atoms with Gasteiger partial charge in [0.05, 0.1) is 16.6 Å². The first-order chi connectivity index (χ1) is 14.1. The number of para-hydroxylation sites is 2. The fraction of sp³-hybridized carbons (Fsp3) is 0.174. The molecule has 0 aliphatic carbocycles. The van der Waals surface area contributed by atoms with Gasteiger partial charge in [-0.15, -0.1) is 0 Å². The monoisotopic (exact) mass is 383 g/mol. The maximum Gasteiger partial charge on any atom is 0.251 e. The lowest BCUT2D eigenvalue weighted by molar-refractivity contribution is 0.0963. The summed E-state index contributed by atoms with van der Waals surface area (Å²) in [7, 11) is 1.63. The van der Waals surface area contributed by atoms with Gasteiger partial charge in [0.15, 0.2) is 5.65 Å². The van der Waals surface area contributed by atoms with Gasteiger partial charge in [0, 0.05) is 19.2 Å². The largest absolute Gasteiger partial charge is 0.371 e. The van der Waals surface area contributed by atoms with Crippen LogP contribution >= 0.6 is 0 Å². The Balaban J connectivity index is 1.65. The number of imidazole rings is 1. The van der Waals surface area contributed by atoms with Crippen LogP contribution in [0.4, 0.5) is 5.82 Å². The quantitative estimate of drug-likeness (QED) is 0.551. The fourth-order valence-electron chi connectivity index (χ4n) is 3.57. The molecule has 2 aromatic carbocycles. The van der Waals surface area contributed by atoms with Crippen LogP contribution < -0.4 is 10.6 Å². The molecule has 4 rings (SSSR count). The van der Waals surface area contributed by atoms with Crippen LogP contribution in [0.5, 0.6) is 0 Å². The molecular formula is C23H21N5O. The molecule has 0 aliphatic rings. The second-order valence-electron chi connectivity index (χ2n) is 6.92. The summed E-state index contributed by atoms with van der Waals surface area (Å²) in [5.74, 6) is 0.807. The predicted octanol–water partition coefficient (Wildman–Crippen LogP) is 3.68. The Morgan fingerprint density at radius 1 is 1.17 bits per heavy atom. The van der Waals surface area contributed by atoms with Crippen LogP contribution in [0.1, 0.15) is 27.0 Å². The zero-order valence-electron chi connectivity index (χ0n) is 16.4. The van der Waals surface area contributed by atoms with E-state index in [1.165, 1.54) is 0 Å². The molecular weight excluding hydrogens is 362 g/mol. The molecule has 2 N–H and O–H groups in total. The van der Waals surface area contributed by atoms with E-state index in [0.29, 0.717) is 23.3 Å². The predicted molar refractivity (Wildman–Crippen MR) is 114 cm³/mol. The van der Waals surface area contributed by atoms with Gasteiger partial charge in [0.1, 0.15) is 11.9 Å². The number of rotatable bonds is 5. The molecule has 0 fully saturated rings. The zero-order valence-corrected chi connectivity index (χ0v) is 16.4. The van der Waals surface area contributed by atoms with Crippen LogP contribution in [0, 0.1) is 18.3 Å². The molecule has 0 saturated carbocycles. The molecule has 6 heteroatoms. The SMILES string of the molecule is CNC(=O)c1cccc(CCNc2cc(C)c(C#N)c3nc4ccccc4n23)c1. The van der Waals surface area contributed by atoms with Gasteiger partial charge in [-0.1, -0.05) is 24.3 Å². The first-order valence-corrected chi connectivity index (χ1v) is 9.48. The summed E-state index contributed by atoms with van der Waals surface area (Å²) in [6, 6.07) is 19.8. The van der Waals surface area contributed by atoms with Crippen LogP contribution in [0.15, 0.2) is 54.6 Å². The number of fused-ring (bicyclic) bond motifs is 3. The second-order valence-corrected chi connectivity index (χ2v) is 6.92. The van der Waals surface area contributed by atoms with Crippen LogP contribution in [0.2, 0.25) is 0 Å². The minimum Gasteiger partial charge on any atom is -0.371 e. The number of nitrogens with zero attached hydrogens (tertiary/aromatic N) is 3. The normalized spacial score (nSPS) is 10.8. The van der Waals surface area contributed by atoms with E-state index in [1.807, 2.05) is 59.9 Å². The number of nitrogens with one attached hydrogen (secondary N) is 2. The van der Waals surface area contributed by atoms with Gasteiger partial charge in [-0.05, 0) is 54.8 Å². The molecule has 2 aromatic heterocycles. The molecule has 0 radical (unpaired) electrons. The topological polar surface area (TPSA) is 82.2 Å². The molecule has 0 saturated heterocycles. The second kappa shape index (κ2) is 7.64. The summed E-state index contributed by atoms with van der Waals surface area (Å²) in [6.07, 6.45) is 0.762. The van der Waals surface area contributed by atoms with Crippen molar-refractivity contribution in [2.45, 2.75) is 13.3 Å². The molecule has 0 aliphatic heterocycles. The van der Waals surface area contributed by atoms with E-state index in [9.17, 15) is 10.1 Å². The molecule has 4 aromatic rings. The molecule has 29 heavy (non-hydrogen) atoms. The lowest BCUT2D eigenvalue weighted by Crippen LogP contribution is -2.18. The van der Waals surface area contributed by atoms with Gasteiger partial charge < -0.3 is 10.6 Å². The van der Waals surface area contributed by atoms with Crippen molar-refractivity contribution in [1.29, 1.82) is 5.26 Å². The van der Waals surface area contributed by atoms with Crippen LogP contribution in [0.25, 0.3) is 16.7 Å². The third-order valence-corrected chi connectivity index (χ3v) is 5.02. The minimum absolute atomic E-state index is 0.0888. The van der Waals surface area contributed by atoms with Gasteiger partial charge in [-0.2, -0.15) is 5.26 Å². The zero-order chi connectivity index (χ0) is 20.4. The van der Waals surface area contributed by atoms with Gasteiger partial charge in [-0.3, -0.25) is 9.20 Å². The fourth-order valence-corrected chi connectivity index (χ4v) is 3.57. The Morgan fingerprint density at radius 2 is 2.00 bits per heavy atom. The van der Waals surface area contributed by atoms with Crippen molar-refractivity contribution in [2.24, 2.45) is 0 Å². The van der Waals surface area contributed by atoms with Crippen LogP contribution in [-0.2, 0) is 6.42 Å². The van der Waals surface area contributed by atoms with E-state index in [0.717, 1.165) is 34.4 Å². The lowest BCUT2D eigenvalue weighted by Gasteiger charge is -2.13. The highest BCUT2D eigenvalue weighted by Gasteiger charge is 2.14. The smallest absolute Gasteiger partial charge is 0.251 e. The van der Waals surface area contributed by atoms with Gasteiger partial charge in [0.25, 0.3) is 5.91 Å². The average Bonchev–Trinajstić information content (AvgIpc) is 3.13. The number of amides is 1. The Hall–Kier alpha value is -3.85. The van der Waals surface area contributed by atoms with Crippen molar-refractivity contribution < 1.29 is 4.79 Å². The number of carbonyl (C=O) groups is 1. The third-order valence-electron chi connectivity index (χ3n) is 5.02. The van der Waals surface area contributed by atoms with Gasteiger partial charge >= 0.3 is 0 Å². The maximum atomic E-state index is 11.8. The number of hydrogen-bond acceptors (Lipinski definition) is 4. The number of pyridine rings is 1. The van der Waals surface area contributed by atoms with E-state index in [-0.39, 0.29) is 5.91 Å². The number of aryl methyl sites for hydroxylation is 1. The minimum atomic E-state index is -0.0888. The molecule has 144 valence electrons. The van der Waals surface area contributed by atoms with E-state index >= 15 is 0 Å². The van der Waals surface area contributed by atoms with E-state index in [4.69, 9.17) is 0 Å². The van der Waals surface area contributed by atoms with Crippen LogP contribution in [0.3, 0.4) is 0 Å². The average molecular weight is 383 g/mol. The van der Waals surface area contributed by atoms with Crippen molar-refractivity contribution in [3.8, 4) is 6.07 Å². The standard InChI is InChI=1S/C23H21N5O/c1-15-12-21(26-11-10-16-6-5-7-17(13-16)23(29)25-2)28-20-9-4-3-8-19(20)27-22(28)18(15)14-24/h3-9,12-13,26H,10-11H2,1-2H3,(H,25,29). The van der Waals surface area contributed by atoms with Crippen molar-refractivity contribution in [2.75, 3.05) is 18.9 Å². The third kappa shape index (κ3) is 3.39. The van der Waals surface area contributed by atoms with Crippen molar-refractivity contribution in [1.82, 2.24) is 14.7 Å². The van der Waals surface area contributed by atoms with Crippen molar-refractivity contribution >= 4 is 28.4 Å². The summed E-state index contributed by atoms with van der Waals surface area (Å²) in [6.45, 7) is 2.61. The highest BCUT2D eigenvalue weighted by atomic mass is 16.1. The van der Waals surface area contributed by atoms with Gasteiger partial charge in [-0.25, -0.2) is 4.98 Å². The highest BCUT2D eigenvalue weighted by molar-refractivity contribution is 5.94. The van der Waals surface area contributed by atoms with Crippen molar-refractivity contribution in [3.05, 3.63) is 76.9 Å². The van der Waals surface area contributed by atoms with E-state index in [2.05, 4.69) is 21.7 Å². The number of hydrogen-bond donors (Lipinski definition) is 2. The summed E-state index contributed by atoms with van der Waals surface area (Å²) >= 11 is 0. The van der Waals surface area contributed by atoms with E-state index < -0.39 is 0 Å². The Labute approximate surface area is 168 Å². The molecule has 0 spiro atoms. The molecule has 0 bridgehead atoms. The molecule has 0 unspecified atom stereocenters. The summed E-state index contributed by atoms with van der Waals surface area (Å²) < 4.78 is 2.00. The Bertz CT molecular complexity index is 1270. The summed E-state index contributed by atoms with van der Waals surface area (Å²) in [5.41, 5.74) is 5.69. The van der Waals surface area contributed by atoms with Gasteiger partial charge in [0.2, 0.25) is 0 Å². The first kappa shape index (κ1) is 18.5. The number of anilines is 1.